The molecule has 1 atom stereocenters. The van der Waals surface area contributed by atoms with E-state index in [1.165, 1.54) is 5.56 Å². The molecule has 1 heterocycles. The van der Waals surface area contributed by atoms with Gasteiger partial charge in [0.25, 0.3) is 0 Å². The van der Waals surface area contributed by atoms with Gasteiger partial charge in [-0.2, -0.15) is 0 Å². The predicted octanol–water partition coefficient (Wildman–Crippen LogP) is 2.09. The maximum atomic E-state index is 5.57. The molecule has 0 bridgehead atoms. The second-order valence-corrected chi connectivity index (χ2v) is 3.96. The summed E-state index contributed by atoms with van der Waals surface area (Å²) in [5.41, 5.74) is 1.23. The number of methoxy groups -OCH3 is 1. The maximum Gasteiger partial charge on any atom is 0.123 e. The maximum absolute atomic E-state index is 5.57. The van der Waals surface area contributed by atoms with E-state index in [0.29, 0.717) is 6.04 Å². The topological polar surface area (TPSA) is 21.7 Å². The summed E-state index contributed by atoms with van der Waals surface area (Å²) < 4.78 is 11.0. The monoisotopic (exact) mass is 221 g/mol. The van der Waals surface area contributed by atoms with Gasteiger partial charge in [-0.1, -0.05) is 25.1 Å². The lowest BCUT2D eigenvalue weighted by atomic mass is 10.0. The van der Waals surface area contributed by atoms with Crippen LogP contribution in [-0.2, 0) is 4.74 Å². The Bertz CT molecular complexity index is 340. The Morgan fingerprint density at radius 2 is 2.25 bits per heavy atom. The fourth-order valence-corrected chi connectivity index (χ4v) is 2.24. The molecule has 1 aromatic carbocycles. The number of morpholine rings is 1. The summed E-state index contributed by atoms with van der Waals surface area (Å²) in [7, 11) is 1.72. The summed E-state index contributed by atoms with van der Waals surface area (Å²) in [6.07, 6.45) is 0. The van der Waals surface area contributed by atoms with Crippen molar-refractivity contribution < 1.29 is 9.47 Å². The van der Waals surface area contributed by atoms with Crippen molar-refractivity contribution in [2.45, 2.75) is 13.0 Å². The van der Waals surface area contributed by atoms with Gasteiger partial charge >= 0.3 is 0 Å². The van der Waals surface area contributed by atoms with Crippen LogP contribution < -0.4 is 4.74 Å². The highest BCUT2D eigenvalue weighted by molar-refractivity contribution is 5.36. The number of hydrogen-bond acceptors (Lipinski definition) is 3. The van der Waals surface area contributed by atoms with Gasteiger partial charge in [0.2, 0.25) is 0 Å². The minimum Gasteiger partial charge on any atom is -0.496 e. The van der Waals surface area contributed by atoms with Crippen LogP contribution in [0, 0.1) is 0 Å². The van der Waals surface area contributed by atoms with Crippen molar-refractivity contribution in [3.8, 4) is 5.75 Å². The third-order valence-electron chi connectivity index (χ3n) is 3.14. The van der Waals surface area contributed by atoms with E-state index in [1.807, 2.05) is 12.1 Å². The number of rotatable bonds is 3. The second kappa shape index (κ2) is 5.32. The molecule has 1 aliphatic rings. The van der Waals surface area contributed by atoms with Crippen molar-refractivity contribution in [3.05, 3.63) is 29.8 Å². The third-order valence-corrected chi connectivity index (χ3v) is 3.14. The van der Waals surface area contributed by atoms with Crippen LogP contribution in [0.4, 0.5) is 0 Å². The van der Waals surface area contributed by atoms with E-state index in [9.17, 15) is 0 Å². The summed E-state index contributed by atoms with van der Waals surface area (Å²) in [6, 6.07) is 8.52. The van der Waals surface area contributed by atoms with Gasteiger partial charge in [-0.3, -0.25) is 4.90 Å². The Labute approximate surface area is 97.0 Å². The van der Waals surface area contributed by atoms with E-state index in [4.69, 9.17) is 9.47 Å². The van der Waals surface area contributed by atoms with E-state index in [2.05, 4.69) is 24.0 Å². The number of hydrogen-bond donors (Lipinski definition) is 0. The molecule has 1 aliphatic heterocycles. The highest BCUT2D eigenvalue weighted by Crippen LogP contribution is 2.30. The average Bonchev–Trinajstić information content (AvgIpc) is 2.38. The molecule has 16 heavy (non-hydrogen) atoms. The van der Waals surface area contributed by atoms with E-state index in [-0.39, 0.29) is 0 Å². The standard InChI is InChI=1S/C13H19NO2/c1-3-14-8-9-16-10-12(14)11-6-4-5-7-13(11)15-2/h4-7,12H,3,8-10H2,1-2H3. The van der Waals surface area contributed by atoms with E-state index < -0.39 is 0 Å². The first-order chi connectivity index (χ1) is 7.86. The lowest BCUT2D eigenvalue weighted by molar-refractivity contribution is -0.00651. The Morgan fingerprint density at radius 3 is 3.00 bits per heavy atom. The van der Waals surface area contributed by atoms with Crippen molar-refractivity contribution in [2.24, 2.45) is 0 Å². The first-order valence-corrected chi connectivity index (χ1v) is 5.81. The van der Waals surface area contributed by atoms with Crippen molar-refractivity contribution >= 4 is 0 Å². The van der Waals surface area contributed by atoms with Gasteiger partial charge in [-0.15, -0.1) is 0 Å². The minimum atomic E-state index is 0.329. The van der Waals surface area contributed by atoms with Gasteiger partial charge in [0.15, 0.2) is 0 Å². The van der Waals surface area contributed by atoms with Gasteiger partial charge in [0.05, 0.1) is 26.4 Å². The van der Waals surface area contributed by atoms with Gasteiger partial charge in [0.1, 0.15) is 5.75 Å². The second-order valence-electron chi connectivity index (χ2n) is 3.96. The molecule has 88 valence electrons. The quantitative estimate of drug-likeness (QED) is 0.780. The molecule has 1 unspecified atom stereocenters. The zero-order valence-corrected chi connectivity index (χ0v) is 9.98. The first kappa shape index (κ1) is 11.4. The third kappa shape index (κ3) is 2.20. The van der Waals surface area contributed by atoms with E-state index in [1.54, 1.807) is 7.11 Å². The van der Waals surface area contributed by atoms with Crippen LogP contribution in [0.2, 0.25) is 0 Å². The Hall–Kier alpha value is -1.06. The van der Waals surface area contributed by atoms with Crippen molar-refractivity contribution in [2.75, 3.05) is 33.4 Å². The van der Waals surface area contributed by atoms with E-state index >= 15 is 0 Å². The summed E-state index contributed by atoms with van der Waals surface area (Å²) in [4.78, 5) is 2.43. The molecule has 3 nitrogen and oxygen atoms in total. The van der Waals surface area contributed by atoms with Gasteiger partial charge in [0, 0.05) is 12.1 Å². The molecule has 0 spiro atoms. The summed E-state index contributed by atoms with van der Waals surface area (Å²) in [5, 5.41) is 0. The molecule has 0 N–H and O–H groups in total. The Kier molecular flexibility index (Phi) is 3.80. The molecule has 0 aromatic heterocycles. The largest absolute Gasteiger partial charge is 0.496 e. The molecule has 3 heteroatoms. The number of para-hydroxylation sites is 1. The zero-order valence-electron chi connectivity index (χ0n) is 9.98. The molecule has 0 radical (unpaired) electrons. The van der Waals surface area contributed by atoms with Crippen LogP contribution >= 0.6 is 0 Å². The van der Waals surface area contributed by atoms with Crippen LogP contribution in [0.15, 0.2) is 24.3 Å². The summed E-state index contributed by atoms with van der Waals surface area (Å²) >= 11 is 0. The molecule has 1 saturated heterocycles. The highest BCUT2D eigenvalue weighted by atomic mass is 16.5. The highest BCUT2D eigenvalue weighted by Gasteiger charge is 2.25. The number of benzene rings is 1. The molecular weight excluding hydrogens is 202 g/mol. The number of likely N-dealkylation sites (N-methyl/N-ethyl adjacent to an activating group) is 1. The van der Waals surface area contributed by atoms with E-state index in [0.717, 1.165) is 32.1 Å². The van der Waals surface area contributed by atoms with Gasteiger partial charge in [-0.25, -0.2) is 0 Å². The van der Waals surface area contributed by atoms with Crippen molar-refractivity contribution in [3.63, 3.8) is 0 Å². The molecule has 0 aliphatic carbocycles. The zero-order chi connectivity index (χ0) is 11.4. The Balaban J connectivity index is 2.26. The minimum absolute atomic E-state index is 0.329. The molecule has 0 amide bonds. The first-order valence-electron chi connectivity index (χ1n) is 5.81. The van der Waals surface area contributed by atoms with Crippen molar-refractivity contribution in [1.82, 2.24) is 4.90 Å². The predicted molar refractivity (Wildman–Crippen MR) is 63.8 cm³/mol. The summed E-state index contributed by atoms with van der Waals surface area (Å²) in [5.74, 6) is 0.955. The molecule has 0 saturated carbocycles. The van der Waals surface area contributed by atoms with Crippen LogP contribution in [-0.4, -0.2) is 38.3 Å². The van der Waals surface area contributed by atoms with Gasteiger partial charge < -0.3 is 9.47 Å². The average molecular weight is 221 g/mol. The van der Waals surface area contributed by atoms with Crippen molar-refractivity contribution in [1.29, 1.82) is 0 Å². The molecule has 1 aromatic rings. The fraction of sp³-hybridized carbons (Fsp3) is 0.538. The van der Waals surface area contributed by atoms with Crippen LogP contribution in [0.3, 0.4) is 0 Å². The van der Waals surface area contributed by atoms with Crippen LogP contribution in [0.5, 0.6) is 5.75 Å². The fourth-order valence-electron chi connectivity index (χ4n) is 2.24. The smallest absolute Gasteiger partial charge is 0.123 e. The molecular formula is C13H19NO2. The number of ether oxygens (including phenoxy) is 2. The Morgan fingerprint density at radius 1 is 1.44 bits per heavy atom. The number of nitrogens with zero attached hydrogens (tertiary/aromatic N) is 1. The van der Waals surface area contributed by atoms with Gasteiger partial charge in [-0.05, 0) is 12.6 Å². The lowest BCUT2D eigenvalue weighted by Crippen LogP contribution is -2.39. The lowest BCUT2D eigenvalue weighted by Gasteiger charge is -2.35. The van der Waals surface area contributed by atoms with Crippen LogP contribution in [0.1, 0.15) is 18.5 Å². The normalized spacial score (nSPS) is 22.0. The summed E-state index contributed by atoms with van der Waals surface area (Å²) in [6.45, 7) is 5.83. The molecule has 2 rings (SSSR count). The molecule has 1 fully saturated rings. The van der Waals surface area contributed by atoms with Crippen LogP contribution in [0.25, 0.3) is 0 Å². The SMILES string of the molecule is CCN1CCOCC1c1ccccc1OC.